The van der Waals surface area contributed by atoms with E-state index in [0.29, 0.717) is 0 Å². The third kappa shape index (κ3) is 7.64. The van der Waals surface area contributed by atoms with Crippen LogP contribution in [0.4, 0.5) is 34.1 Å². The second-order valence-electron chi connectivity index (χ2n) is 23.5. The van der Waals surface area contributed by atoms with E-state index in [1.165, 1.54) is 54.9 Å². The second-order valence-corrected chi connectivity index (χ2v) is 23.5. The van der Waals surface area contributed by atoms with E-state index < -0.39 is 0 Å². The Morgan fingerprint density at radius 3 is 1.05 bits per heavy atom. The molecule has 78 heavy (non-hydrogen) atoms. The predicted molar refractivity (Wildman–Crippen MR) is 332 cm³/mol. The lowest BCUT2D eigenvalue weighted by Gasteiger charge is -2.29. The van der Waals surface area contributed by atoms with Gasteiger partial charge in [0.2, 0.25) is 0 Å². The Labute approximate surface area is 455 Å². The van der Waals surface area contributed by atoms with E-state index in [4.69, 9.17) is 8.83 Å². The summed E-state index contributed by atoms with van der Waals surface area (Å²) in [6.07, 6.45) is 0. The average molecular weight is 1010 g/mol. The lowest BCUT2D eigenvalue weighted by molar-refractivity contribution is 0.572. The molecule has 14 aromatic rings. The molecule has 12 aromatic carbocycles. The van der Waals surface area contributed by atoms with E-state index in [0.717, 1.165) is 99.9 Å². The third-order valence-electron chi connectivity index (χ3n) is 16.1. The fourth-order valence-electron chi connectivity index (χ4n) is 12.4. The summed E-state index contributed by atoms with van der Waals surface area (Å²) in [4.78, 5) is 4.85. The van der Waals surface area contributed by atoms with Crippen molar-refractivity contribution in [2.45, 2.75) is 66.2 Å². The van der Waals surface area contributed by atoms with Crippen molar-refractivity contribution in [3.05, 3.63) is 241 Å². The molecule has 2 heterocycles. The summed E-state index contributed by atoms with van der Waals surface area (Å²) in [6.45, 7) is 18.0. The molecule has 2 aromatic heterocycles. The van der Waals surface area contributed by atoms with Gasteiger partial charge in [-0.15, -0.1) is 0 Å². The number of rotatable bonds is 8. The first-order valence-corrected chi connectivity index (χ1v) is 27.3. The van der Waals surface area contributed by atoms with Gasteiger partial charge in [-0.05, 0) is 140 Å². The van der Waals surface area contributed by atoms with Crippen molar-refractivity contribution in [2.75, 3.05) is 9.80 Å². The molecule has 0 aliphatic rings. The quantitative estimate of drug-likeness (QED) is 0.142. The molecule has 0 spiro atoms. The van der Waals surface area contributed by atoms with Gasteiger partial charge in [0.25, 0.3) is 0 Å². The standard InChI is InChI=1S/C74H60N2O2/c1-45-41-59-55-21-15-23-65(71(55)77-69(59)61(43-45)73(3,4)5)75(53-33-25-49(26-34-53)47-17-11-9-12-18-47)63-39-31-51-30-38-58-64(40-32-52-29-37-57(63)67(51)68(52)58)76(54-35-27-50(28-36-54)48-19-13-10-14-20-48)66-24-16-22-56-60-42-46(2)44-62(74(6,7)8)70(60)78-72(56)66/h9-44H,1-8H3. The van der Waals surface area contributed by atoms with Crippen molar-refractivity contribution < 1.29 is 8.83 Å². The third-order valence-corrected chi connectivity index (χ3v) is 16.1. The summed E-state index contributed by atoms with van der Waals surface area (Å²) < 4.78 is 14.4. The topological polar surface area (TPSA) is 32.8 Å². The molecule has 0 saturated heterocycles. The maximum atomic E-state index is 7.22. The number of furan rings is 2. The van der Waals surface area contributed by atoms with Gasteiger partial charge < -0.3 is 18.6 Å². The number of aryl methyl sites for hydroxylation is 2. The summed E-state index contributed by atoms with van der Waals surface area (Å²) in [5, 5.41) is 11.6. The number of hydrogen-bond donors (Lipinski definition) is 0. The number of nitrogens with zero attached hydrogens (tertiary/aromatic N) is 2. The zero-order valence-corrected chi connectivity index (χ0v) is 45.5. The molecule has 4 nitrogen and oxygen atoms in total. The van der Waals surface area contributed by atoms with Gasteiger partial charge in [-0.1, -0.05) is 199 Å². The number of fused-ring (bicyclic) bond motifs is 6. The molecule has 4 heteroatoms. The molecular formula is C74H60N2O2. The largest absolute Gasteiger partial charge is 0.454 e. The van der Waals surface area contributed by atoms with Gasteiger partial charge in [0, 0.05) is 54.8 Å². The molecule has 0 radical (unpaired) electrons. The Morgan fingerprint density at radius 1 is 0.295 bits per heavy atom. The van der Waals surface area contributed by atoms with Crippen molar-refractivity contribution in [3.8, 4) is 22.3 Å². The molecule has 0 amide bonds. The van der Waals surface area contributed by atoms with E-state index in [-0.39, 0.29) is 10.8 Å². The molecule has 0 N–H and O–H groups in total. The van der Waals surface area contributed by atoms with E-state index >= 15 is 0 Å². The van der Waals surface area contributed by atoms with E-state index in [9.17, 15) is 0 Å². The van der Waals surface area contributed by atoms with Gasteiger partial charge in [0.1, 0.15) is 11.2 Å². The molecular weight excluding hydrogens is 949 g/mol. The van der Waals surface area contributed by atoms with Gasteiger partial charge >= 0.3 is 0 Å². The normalized spacial score (nSPS) is 12.4. The van der Waals surface area contributed by atoms with E-state index in [1.54, 1.807) is 0 Å². The summed E-state index contributed by atoms with van der Waals surface area (Å²) in [5.74, 6) is 0. The van der Waals surface area contributed by atoms with Crippen LogP contribution in [-0.4, -0.2) is 0 Å². The summed E-state index contributed by atoms with van der Waals surface area (Å²) in [7, 11) is 0. The monoisotopic (exact) mass is 1010 g/mol. The van der Waals surface area contributed by atoms with Gasteiger partial charge in [-0.2, -0.15) is 0 Å². The zero-order valence-electron chi connectivity index (χ0n) is 45.5. The van der Waals surface area contributed by atoms with Gasteiger partial charge in [0.15, 0.2) is 11.2 Å². The Hall–Kier alpha value is -9.12. The van der Waals surface area contributed by atoms with Crippen molar-refractivity contribution >= 4 is 110 Å². The molecule has 0 atom stereocenters. The molecule has 378 valence electrons. The van der Waals surface area contributed by atoms with Crippen LogP contribution in [0.2, 0.25) is 0 Å². The SMILES string of the molecule is Cc1cc(C(C)(C)C)c2oc3c(N(c4ccc(-c5ccccc5)cc4)c4ccc5ccc6c(N(c7ccc(-c8ccccc8)cc7)c7cccc8c7oc7c(C(C)(C)C)cc(C)cc78)ccc7ccc4c5c76)cccc3c2c1. The smallest absolute Gasteiger partial charge is 0.159 e. The molecule has 0 fully saturated rings. The number of hydrogen-bond acceptors (Lipinski definition) is 4. The van der Waals surface area contributed by atoms with Gasteiger partial charge in [-0.25, -0.2) is 0 Å². The van der Waals surface area contributed by atoms with Crippen LogP contribution in [0.25, 0.3) is 98.4 Å². The Balaban J connectivity index is 1.02. The zero-order chi connectivity index (χ0) is 53.2. The first-order chi connectivity index (χ1) is 37.8. The highest BCUT2D eigenvalue weighted by atomic mass is 16.3. The molecule has 14 rings (SSSR count). The Kier molecular flexibility index (Phi) is 10.8. The van der Waals surface area contributed by atoms with Crippen LogP contribution < -0.4 is 9.80 Å². The molecule has 0 saturated carbocycles. The predicted octanol–water partition coefficient (Wildman–Crippen LogP) is 21.9. The minimum Gasteiger partial charge on any atom is -0.454 e. The van der Waals surface area contributed by atoms with Crippen molar-refractivity contribution in [1.29, 1.82) is 0 Å². The van der Waals surface area contributed by atoms with Crippen molar-refractivity contribution in [3.63, 3.8) is 0 Å². The lowest BCUT2D eigenvalue weighted by Crippen LogP contribution is -2.12. The minimum atomic E-state index is -0.120. The van der Waals surface area contributed by atoms with Crippen molar-refractivity contribution in [1.82, 2.24) is 0 Å². The molecule has 0 aliphatic heterocycles. The summed E-state index contributed by atoms with van der Waals surface area (Å²) in [6, 6.07) is 80.2. The first kappa shape index (κ1) is 47.3. The molecule has 0 aliphatic carbocycles. The van der Waals surface area contributed by atoms with Gasteiger partial charge in [0.05, 0.1) is 22.7 Å². The molecule has 0 unspecified atom stereocenters. The minimum absolute atomic E-state index is 0.120. The van der Waals surface area contributed by atoms with E-state index in [1.807, 2.05) is 0 Å². The van der Waals surface area contributed by atoms with Crippen LogP contribution in [-0.2, 0) is 10.8 Å². The number of para-hydroxylation sites is 2. The first-order valence-electron chi connectivity index (χ1n) is 27.3. The van der Waals surface area contributed by atoms with Crippen LogP contribution in [0.3, 0.4) is 0 Å². The fourth-order valence-corrected chi connectivity index (χ4v) is 12.4. The number of anilines is 6. The van der Waals surface area contributed by atoms with Crippen LogP contribution in [0.1, 0.15) is 63.8 Å². The van der Waals surface area contributed by atoms with Crippen LogP contribution >= 0.6 is 0 Å². The van der Waals surface area contributed by atoms with Crippen molar-refractivity contribution in [2.24, 2.45) is 0 Å². The number of benzene rings is 12. The van der Waals surface area contributed by atoms with Crippen LogP contribution in [0.5, 0.6) is 0 Å². The lowest BCUT2D eigenvalue weighted by atomic mass is 9.85. The Morgan fingerprint density at radius 2 is 0.667 bits per heavy atom. The average Bonchev–Trinajstić information content (AvgIpc) is 4.09. The molecule has 0 bridgehead atoms. The summed E-state index contributed by atoms with van der Waals surface area (Å²) in [5.41, 5.74) is 19.1. The fraction of sp³-hybridized carbons (Fsp3) is 0.135. The van der Waals surface area contributed by atoms with E-state index in [2.05, 4.69) is 284 Å². The highest BCUT2D eigenvalue weighted by Crippen LogP contribution is 2.52. The summed E-state index contributed by atoms with van der Waals surface area (Å²) >= 11 is 0. The Bertz CT molecular complexity index is 4330. The van der Waals surface area contributed by atoms with Gasteiger partial charge in [-0.3, -0.25) is 0 Å². The second kappa shape index (κ2) is 17.7. The maximum Gasteiger partial charge on any atom is 0.159 e. The van der Waals surface area contributed by atoms with Crippen LogP contribution in [0.15, 0.2) is 227 Å². The highest BCUT2D eigenvalue weighted by molar-refractivity contribution is 6.29. The highest BCUT2D eigenvalue weighted by Gasteiger charge is 2.29. The maximum absolute atomic E-state index is 7.22. The van der Waals surface area contributed by atoms with Crippen LogP contribution in [0, 0.1) is 13.8 Å².